The molecule has 2 heterocycles. The maximum Gasteiger partial charge on any atom is 0.128 e. The van der Waals surface area contributed by atoms with Crippen molar-refractivity contribution in [2.45, 2.75) is 13.0 Å². The number of aryl methyl sites for hydroxylation is 1. The van der Waals surface area contributed by atoms with Crippen LogP contribution in [0.5, 0.6) is 0 Å². The van der Waals surface area contributed by atoms with Crippen LogP contribution in [-0.2, 0) is 0 Å². The van der Waals surface area contributed by atoms with Crippen molar-refractivity contribution in [1.29, 1.82) is 0 Å². The number of nitrogens with one attached hydrogen (secondary N) is 1. The average Bonchev–Trinajstić information content (AvgIpc) is 2.72. The van der Waals surface area contributed by atoms with Crippen LogP contribution in [0.1, 0.15) is 21.6 Å². The zero-order valence-electron chi connectivity index (χ0n) is 7.32. The molecule has 0 bridgehead atoms. The highest BCUT2D eigenvalue weighted by Crippen LogP contribution is 2.26. The highest BCUT2D eigenvalue weighted by Gasteiger charge is 2.12. The van der Waals surface area contributed by atoms with E-state index in [4.69, 9.17) is 0 Å². The van der Waals surface area contributed by atoms with Crippen molar-refractivity contribution < 1.29 is 5.11 Å². The second kappa shape index (κ2) is 3.36. The molecule has 0 fully saturated rings. The zero-order chi connectivity index (χ0) is 9.26. The van der Waals surface area contributed by atoms with E-state index in [0.29, 0.717) is 0 Å². The van der Waals surface area contributed by atoms with Crippen molar-refractivity contribution >= 4 is 11.3 Å². The highest BCUT2D eigenvalue weighted by molar-refractivity contribution is 7.12. The van der Waals surface area contributed by atoms with Crippen LogP contribution >= 0.6 is 11.3 Å². The normalized spacial score (nSPS) is 13.1. The lowest BCUT2D eigenvalue weighted by Crippen LogP contribution is -1.96. The van der Waals surface area contributed by atoms with Gasteiger partial charge in [-0.3, -0.25) is 0 Å². The molecule has 68 valence electrons. The van der Waals surface area contributed by atoms with Gasteiger partial charge in [-0.2, -0.15) is 0 Å². The van der Waals surface area contributed by atoms with Gasteiger partial charge < -0.3 is 10.1 Å². The number of hydrogen-bond acceptors (Lipinski definition) is 2. The lowest BCUT2D eigenvalue weighted by Gasteiger charge is -2.04. The summed E-state index contributed by atoms with van der Waals surface area (Å²) < 4.78 is 0. The van der Waals surface area contributed by atoms with Crippen molar-refractivity contribution in [1.82, 2.24) is 4.98 Å². The Morgan fingerprint density at radius 2 is 2.23 bits per heavy atom. The number of aliphatic hydroxyl groups is 1. The summed E-state index contributed by atoms with van der Waals surface area (Å²) in [7, 11) is 0. The van der Waals surface area contributed by atoms with Crippen molar-refractivity contribution in [3.05, 3.63) is 45.9 Å². The number of aromatic amines is 1. The Balaban J connectivity index is 2.28. The minimum absolute atomic E-state index is 0.506. The molecule has 0 aliphatic carbocycles. The number of hydrogen-bond donors (Lipinski definition) is 2. The molecule has 2 aromatic heterocycles. The summed E-state index contributed by atoms with van der Waals surface area (Å²) in [6.07, 6.45) is 1.31. The minimum atomic E-state index is -0.506. The summed E-state index contributed by atoms with van der Waals surface area (Å²) in [4.78, 5) is 5.21. The van der Waals surface area contributed by atoms with E-state index in [1.165, 1.54) is 4.88 Å². The van der Waals surface area contributed by atoms with Gasteiger partial charge in [0, 0.05) is 21.6 Å². The monoisotopic (exact) mass is 193 g/mol. The van der Waals surface area contributed by atoms with Gasteiger partial charge in [0.15, 0.2) is 0 Å². The van der Waals surface area contributed by atoms with Gasteiger partial charge in [0.2, 0.25) is 0 Å². The Kier molecular flexibility index (Phi) is 2.20. The number of rotatable bonds is 2. The van der Waals surface area contributed by atoms with Gasteiger partial charge >= 0.3 is 0 Å². The molecule has 0 aliphatic heterocycles. The first-order valence-electron chi connectivity index (χ1n) is 4.15. The molecule has 1 unspecified atom stereocenters. The molecular weight excluding hydrogens is 182 g/mol. The third-order valence-electron chi connectivity index (χ3n) is 1.95. The van der Waals surface area contributed by atoms with Crippen LogP contribution in [0, 0.1) is 6.92 Å². The number of aliphatic hydroxyl groups excluding tert-OH is 1. The van der Waals surface area contributed by atoms with E-state index in [9.17, 15) is 5.11 Å². The average molecular weight is 193 g/mol. The van der Waals surface area contributed by atoms with E-state index in [2.05, 4.69) is 4.98 Å². The molecule has 0 spiro atoms. The van der Waals surface area contributed by atoms with Crippen molar-refractivity contribution in [2.24, 2.45) is 0 Å². The van der Waals surface area contributed by atoms with Crippen LogP contribution in [0.25, 0.3) is 0 Å². The number of aromatic nitrogens is 1. The van der Waals surface area contributed by atoms with Crippen LogP contribution < -0.4 is 0 Å². The maximum absolute atomic E-state index is 9.87. The predicted molar refractivity (Wildman–Crippen MR) is 53.9 cm³/mol. The molecule has 0 saturated heterocycles. The first-order valence-corrected chi connectivity index (χ1v) is 4.96. The van der Waals surface area contributed by atoms with Crippen LogP contribution in [0.2, 0.25) is 0 Å². The Morgan fingerprint density at radius 1 is 1.38 bits per heavy atom. The summed E-state index contributed by atoms with van der Waals surface area (Å²) in [6, 6.07) is 7.76. The summed E-state index contributed by atoms with van der Waals surface area (Å²) in [5.41, 5.74) is 0.849. The quantitative estimate of drug-likeness (QED) is 0.755. The molecule has 0 aliphatic rings. The van der Waals surface area contributed by atoms with Gasteiger partial charge in [-0.15, -0.1) is 11.3 Å². The van der Waals surface area contributed by atoms with Crippen LogP contribution in [0.3, 0.4) is 0 Å². The molecule has 0 saturated carbocycles. The predicted octanol–water partition coefficient (Wildman–Crippen LogP) is 2.47. The van der Waals surface area contributed by atoms with E-state index in [-0.39, 0.29) is 0 Å². The molecule has 2 N–H and O–H groups in total. The van der Waals surface area contributed by atoms with Gasteiger partial charge in [-0.1, -0.05) is 0 Å². The SMILES string of the molecule is Cc1ccc(C(O)c2ccc[nH]2)s1. The fourth-order valence-corrected chi connectivity index (χ4v) is 2.15. The van der Waals surface area contributed by atoms with Crippen LogP contribution in [0.15, 0.2) is 30.5 Å². The van der Waals surface area contributed by atoms with E-state index in [0.717, 1.165) is 10.6 Å². The van der Waals surface area contributed by atoms with Gasteiger partial charge in [-0.25, -0.2) is 0 Å². The van der Waals surface area contributed by atoms with Gasteiger partial charge in [-0.05, 0) is 31.2 Å². The van der Waals surface area contributed by atoms with Gasteiger partial charge in [0.25, 0.3) is 0 Å². The van der Waals surface area contributed by atoms with E-state index >= 15 is 0 Å². The molecule has 1 atom stereocenters. The lowest BCUT2D eigenvalue weighted by atomic mass is 10.2. The van der Waals surface area contributed by atoms with E-state index in [1.54, 1.807) is 11.3 Å². The Labute approximate surface area is 80.9 Å². The Bertz CT molecular complexity index is 377. The Hall–Kier alpha value is -1.06. The van der Waals surface area contributed by atoms with Crippen LogP contribution in [0.4, 0.5) is 0 Å². The second-order valence-electron chi connectivity index (χ2n) is 2.98. The molecule has 0 radical (unpaired) electrons. The van der Waals surface area contributed by atoms with Crippen molar-refractivity contribution in [2.75, 3.05) is 0 Å². The molecule has 0 aromatic carbocycles. The Morgan fingerprint density at radius 3 is 2.77 bits per heavy atom. The summed E-state index contributed by atoms with van der Waals surface area (Å²) in [5, 5.41) is 9.87. The first kappa shape index (κ1) is 8.53. The van der Waals surface area contributed by atoms with Gasteiger partial charge in [0.05, 0.1) is 0 Å². The molecular formula is C10H11NOS. The standard InChI is InChI=1S/C10H11NOS/c1-7-4-5-9(13-7)10(12)8-3-2-6-11-8/h2-6,10-12H,1H3. The minimum Gasteiger partial charge on any atom is -0.381 e. The highest BCUT2D eigenvalue weighted by atomic mass is 32.1. The summed E-state index contributed by atoms with van der Waals surface area (Å²) in [5.74, 6) is 0. The van der Waals surface area contributed by atoms with Crippen LogP contribution in [-0.4, -0.2) is 10.1 Å². The summed E-state index contributed by atoms with van der Waals surface area (Å²) in [6.45, 7) is 2.04. The third kappa shape index (κ3) is 1.66. The topological polar surface area (TPSA) is 36.0 Å². The fourth-order valence-electron chi connectivity index (χ4n) is 1.27. The molecule has 13 heavy (non-hydrogen) atoms. The second-order valence-corrected chi connectivity index (χ2v) is 4.30. The molecule has 0 amide bonds. The van der Waals surface area contributed by atoms with Crippen molar-refractivity contribution in [3.8, 4) is 0 Å². The van der Waals surface area contributed by atoms with E-state index < -0.39 is 6.10 Å². The largest absolute Gasteiger partial charge is 0.381 e. The summed E-state index contributed by atoms with van der Waals surface area (Å²) >= 11 is 1.62. The van der Waals surface area contributed by atoms with E-state index in [1.807, 2.05) is 37.4 Å². The number of thiophene rings is 1. The van der Waals surface area contributed by atoms with Crippen molar-refractivity contribution in [3.63, 3.8) is 0 Å². The first-order chi connectivity index (χ1) is 6.27. The number of H-pyrrole nitrogens is 1. The molecule has 2 rings (SSSR count). The molecule has 2 aromatic rings. The smallest absolute Gasteiger partial charge is 0.128 e. The van der Waals surface area contributed by atoms with Gasteiger partial charge in [0.1, 0.15) is 6.10 Å². The fraction of sp³-hybridized carbons (Fsp3) is 0.200. The lowest BCUT2D eigenvalue weighted by molar-refractivity contribution is 0.220. The maximum atomic E-state index is 9.87. The zero-order valence-corrected chi connectivity index (χ0v) is 8.14. The molecule has 2 nitrogen and oxygen atoms in total. The molecule has 3 heteroatoms. The third-order valence-corrected chi connectivity index (χ3v) is 3.00.